The van der Waals surface area contributed by atoms with E-state index in [1.54, 1.807) is 32.4 Å². The largest absolute Gasteiger partial charge is 0.493 e. The number of amides is 1. The number of anilines is 1. The molecule has 4 rings (SSSR count). The highest BCUT2D eigenvalue weighted by molar-refractivity contribution is 5.91. The Morgan fingerprint density at radius 1 is 1.03 bits per heavy atom. The lowest BCUT2D eigenvalue weighted by Crippen LogP contribution is -2.14. The van der Waals surface area contributed by atoms with Gasteiger partial charge in [0.1, 0.15) is 0 Å². The standard InChI is InChI=1S/C28H32N4O4/c1-7-36-28-22(12-14-25(33)29-20-11-13-23(34-5)24(16-20)35-6)18(3)26-19(4)31-32(27(26)30-28)21-10-8-9-17(2)15-21/h8-11,13,15-16H,7,12,14H2,1-6H3,(H,29,33). The number of carbonyl (C=O) groups excluding carboxylic acids is 1. The summed E-state index contributed by atoms with van der Waals surface area (Å²) in [6.07, 6.45) is 0.756. The number of rotatable bonds is 9. The molecule has 0 saturated carbocycles. The minimum atomic E-state index is -0.114. The van der Waals surface area contributed by atoms with Crippen molar-refractivity contribution in [2.24, 2.45) is 0 Å². The van der Waals surface area contributed by atoms with Crippen LogP contribution in [0.1, 0.15) is 35.7 Å². The number of ether oxygens (including phenoxy) is 3. The van der Waals surface area contributed by atoms with Gasteiger partial charge in [0.25, 0.3) is 0 Å². The molecule has 0 unspecified atom stereocenters. The summed E-state index contributed by atoms with van der Waals surface area (Å²) >= 11 is 0. The third kappa shape index (κ3) is 4.98. The second kappa shape index (κ2) is 10.7. The van der Waals surface area contributed by atoms with E-state index in [-0.39, 0.29) is 12.3 Å². The van der Waals surface area contributed by atoms with Crippen LogP contribution in [0.25, 0.3) is 16.7 Å². The third-order valence-electron chi connectivity index (χ3n) is 6.13. The van der Waals surface area contributed by atoms with Gasteiger partial charge in [0, 0.05) is 29.1 Å². The normalized spacial score (nSPS) is 10.9. The van der Waals surface area contributed by atoms with Gasteiger partial charge in [-0.05, 0) is 69.5 Å². The van der Waals surface area contributed by atoms with Gasteiger partial charge >= 0.3 is 0 Å². The summed E-state index contributed by atoms with van der Waals surface area (Å²) in [5, 5.41) is 8.70. The summed E-state index contributed by atoms with van der Waals surface area (Å²) < 4.78 is 18.4. The Hall–Kier alpha value is -4.07. The summed E-state index contributed by atoms with van der Waals surface area (Å²) in [5.74, 6) is 1.58. The molecule has 1 N–H and O–H groups in total. The summed E-state index contributed by atoms with van der Waals surface area (Å²) in [6.45, 7) is 8.48. The first-order valence-corrected chi connectivity index (χ1v) is 12.0. The molecule has 2 heterocycles. The average molecular weight is 489 g/mol. The topological polar surface area (TPSA) is 87.5 Å². The van der Waals surface area contributed by atoms with Gasteiger partial charge in [-0.2, -0.15) is 10.1 Å². The number of aromatic nitrogens is 3. The van der Waals surface area contributed by atoms with Gasteiger partial charge in [0.2, 0.25) is 11.8 Å². The number of fused-ring (bicyclic) bond motifs is 1. The van der Waals surface area contributed by atoms with Crippen LogP contribution in [-0.4, -0.2) is 41.5 Å². The molecular weight excluding hydrogens is 456 g/mol. The van der Waals surface area contributed by atoms with Crippen molar-refractivity contribution in [3.8, 4) is 23.1 Å². The zero-order valence-corrected chi connectivity index (χ0v) is 21.6. The number of carbonyl (C=O) groups is 1. The lowest BCUT2D eigenvalue weighted by Gasteiger charge is -2.14. The molecule has 2 aromatic heterocycles. The fraction of sp³-hybridized carbons (Fsp3) is 0.321. The van der Waals surface area contributed by atoms with Crippen LogP contribution in [0.4, 0.5) is 5.69 Å². The van der Waals surface area contributed by atoms with Crippen molar-refractivity contribution in [2.45, 2.75) is 40.5 Å². The van der Waals surface area contributed by atoms with Gasteiger partial charge in [0.15, 0.2) is 17.1 Å². The molecule has 0 aliphatic rings. The molecule has 0 saturated heterocycles. The van der Waals surface area contributed by atoms with Gasteiger partial charge < -0.3 is 19.5 Å². The van der Waals surface area contributed by atoms with Gasteiger partial charge in [-0.1, -0.05) is 12.1 Å². The molecule has 8 nitrogen and oxygen atoms in total. The molecule has 0 radical (unpaired) electrons. The van der Waals surface area contributed by atoms with Crippen molar-refractivity contribution in [2.75, 3.05) is 26.1 Å². The zero-order chi connectivity index (χ0) is 25.8. The quantitative estimate of drug-likeness (QED) is 0.343. The maximum Gasteiger partial charge on any atom is 0.224 e. The van der Waals surface area contributed by atoms with Crippen molar-refractivity contribution < 1.29 is 19.0 Å². The van der Waals surface area contributed by atoms with Crippen LogP contribution >= 0.6 is 0 Å². The van der Waals surface area contributed by atoms with E-state index in [0.29, 0.717) is 36.1 Å². The van der Waals surface area contributed by atoms with Crippen LogP contribution < -0.4 is 19.5 Å². The zero-order valence-electron chi connectivity index (χ0n) is 21.6. The van der Waals surface area contributed by atoms with Crippen LogP contribution in [0.3, 0.4) is 0 Å². The van der Waals surface area contributed by atoms with E-state index < -0.39 is 0 Å². The molecule has 0 aliphatic carbocycles. The monoisotopic (exact) mass is 488 g/mol. The van der Waals surface area contributed by atoms with Crippen molar-refractivity contribution in [3.63, 3.8) is 0 Å². The first-order valence-electron chi connectivity index (χ1n) is 12.0. The minimum absolute atomic E-state index is 0.114. The molecular formula is C28H32N4O4. The Balaban J connectivity index is 1.63. The van der Waals surface area contributed by atoms with E-state index in [0.717, 1.165) is 39.1 Å². The molecule has 0 bridgehead atoms. The Bertz CT molecular complexity index is 1410. The highest BCUT2D eigenvalue weighted by Crippen LogP contribution is 2.33. The highest BCUT2D eigenvalue weighted by Gasteiger charge is 2.21. The van der Waals surface area contributed by atoms with Crippen LogP contribution in [0.15, 0.2) is 42.5 Å². The smallest absolute Gasteiger partial charge is 0.224 e. The van der Waals surface area contributed by atoms with E-state index >= 15 is 0 Å². The maximum absolute atomic E-state index is 12.8. The molecule has 0 spiro atoms. The average Bonchev–Trinajstić information content (AvgIpc) is 3.20. The van der Waals surface area contributed by atoms with E-state index in [1.807, 2.05) is 37.6 Å². The Morgan fingerprint density at radius 3 is 2.50 bits per heavy atom. The molecule has 1 amide bonds. The second-order valence-electron chi connectivity index (χ2n) is 8.61. The number of pyridine rings is 1. The lowest BCUT2D eigenvalue weighted by molar-refractivity contribution is -0.116. The molecule has 0 atom stereocenters. The number of nitrogens with one attached hydrogen (secondary N) is 1. The summed E-state index contributed by atoms with van der Waals surface area (Å²) in [7, 11) is 3.14. The fourth-order valence-electron chi connectivity index (χ4n) is 4.40. The number of aryl methyl sites for hydroxylation is 3. The van der Waals surface area contributed by atoms with E-state index in [4.69, 9.17) is 24.3 Å². The molecule has 4 aromatic rings. The first-order chi connectivity index (χ1) is 17.4. The van der Waals surface area contributed by atoms with Gasteiger partial charge in [0.05, 0.1) is 32.2 Å². The minimum Gasteiger partial charge on any atom is -0.493 e. The van der Waals surface area contributed by atoms with E-state index in [1.165, 1.54) is 0 Å². The summed E-state index contributed by atoms with van der Waals surface area (Å²) in [6, 6.07) is 13.4. The van der Waals surface area contributed by atoms with E-state index in [2.05, 4.69) is 24.4 Å². The van der Waals surface area contributed by atoms with Crippen LogP contribution in [0, 0.1) is 20.8 Å². The fourth-order valence-corrected chi connectivity index (χ4v) is 4.40. The first kappa shape index (κ1) is 25.0. The number of hydrogen-bond acceptors (Lipinski definition) is 6. The summed E-state index contributed by atoms with van der Waals surface area (Å²) in [4.78, 5) is 17.7. The second-order valence-corrected chi connectivity index (χ2v) is 8.61. The Morgan fingerprint density at radius 2 is 1.81 bits per heavy atom. The molecule has 188 valence electrons. The number of nitrogens with zero attached hydrogens (tertiary/aromatic N) is 3. The number of methoxy groups -OCH3 is 2. The predicted molar refractivity (Wildman–Crippen MR) is 141 cm³/mol. The Kier molecular flexibility index (Phi) is 7.43. The van der Waals surface area contributed by atoms with Crippen LogP contribution in [0.5, 0.6) is 17.4 Å². The SMILES string of the molecule is CCOc1nc2c(c(C)nn2-c2cccc(C)c2)c(C)c1CCC(=O)Nc1ccc(OC)c(OC)c1. The highest BCUT2D eigenvalue weighted by atomic mass is 16.5. The van der Waals surface area contributed by atoms with E-state index in [9.17, 15) is 4.79 Å². The van der Waals surface area contributed by atoms with Crippen LogP contribution in [0.2, 0.25) is 0 Å². The van der Waals surface area contributed by atoms with Gasteiger partial charge in [-0.3, -0.25) is 4.79 Å². The Labute approximate surface area is 211 Å². The van der Waals surface area contributed by atoms with Crippen molar-refractivity contribution in [3.05, 3.63) is 64.8 Å². The third-order valence-corrected chi connectivity index (χ3v) is 6.13. The number of benzene rings is 2. The number of hydrogen-bond donors (Lipinski definition) is 1. The molecule has 0 fully saturated rings. The van der Waals surface area contributed by atoms with Gasteiger partial charge in [-0.25, -0.2) is 4.68 Å². The van der Waals surface area contributed by atoms with Crippen molar-refractivity contribution in [1.82, 2.24) is 14.8 Å². The lowest BCUT2D eigenvalue weighted by atomic mass is 10.0. The molecule has 8 heteroatoms. The maximum atomic E-state index is 12.8. The van der Waals surface area contributed by atoms with Gasteiger partial charge in [-0.15, -0.1) is 0 Å². The van der Waals surface area contributed by atoms with Crippen LogP contribution in [-0.2, 0) is 11.2 Å². The molecule has 36 heavy (non-hydrogen) atoms. The molecule has 2 aromatic carbocycles. The van der Waals surface area contributed by atoms with Crippen molar-refractivity contribution in [1.29, 1.82) is 0 Å². The molecule has 0 aliphatic heterocycles. The predicted octanol–water partition coefficient (Wildman–Crippen LogP) is 5.33. The van der Waals surface area contributed by atoms with Crippen molar-refractivity contribution >= 4 is 22.6 Å². The summed E-state index contributed by atoms with van der Waals surface area (Å²) in [5.41, 5.74) is 6.31.